The molecule has 1 aliphatic heterocycles. The third kappa shape index (κ3) is 6.85. The predicted molar refractivity (Wildman–Crippen MR) is 116 cm³/mol. The van der Waals surface area contributed by atoms with Crippen LogP contribution in [0.3, 0.4) is 0 Å². The maximum atomic E-state index is 12.3. The second-order valence-corrected chi connectivity index (χ2v) is 7.73. The maximum absolute atomic E-state index is 12.3. The summed E-state index contributed by atoms with van der Waals surface area (Å²) in [6.45, 7) is 6.24. The van der Waals surface area contributed by atoms with Crippen molar-refractivity contribution in [2.45, 2.75) is 13.5 Å². The zero-order chi connectivity index (χ0) is 20.6. The van der Waals surface area contributed by atoms with Gasteiger partial charge >= 0.3 is 0 Å². The van der Waals surface area contributed by atoms with Gasteiger partial charge in [-0.1, -0.05) is 48.0 Å². The molecule has 2 amide bonds. The molecule has 0 radical (unpaired) electrons. The first-order valence-electron chi connectivity index (χ1n) is 9.81. The van der Waals surface area contributed by atoms with Crippen LogP contribution in [-0.4, -0.2) is 60.9 Å². The van der Waals surface area contributed by atoms with Gasteiger partial charge in [-0.15, -0.1) is 0 Å². The molecule has 29 heavy (non-hydrogen) atoms. The van der Waals surface area contributed by atoms with Crippen LogP contribution in [0.4, 0.5) is 5.69 Å². The van der Waals surface area contributed by atoms with E-state index in [1.54, 1.807) is 6.07 Å². The van der Waals surface area contributed by atoms with E-state index in [4.69, 9.17) is 11.6 Å². The minimum Gasteiger partial charge on any atom is -0.351 e. The van der Waals surface area contributed by atoms with Gasteiger partial charge < -0.3 is 10.6 Å². The number of carbonyl (C=O) groups excluding carboxylic acids is 2. The minimum absolute atomic E-state index is 0.0243. The average Bonchev–Trinajstić information content (AvgIpc) is 2.71. The highest BCUT2D eigenvalue weighted by atomic mass is 35.5. The van der Waals surface area contributed by atoms with Gasteiger partial charge in [0.1, 0.15) is 0 Å². The van der Waals surface area contributed by atoms with Crippen LogP contribution in [0.5, 0.6) is 0 Å². The van der Waals surface area contributed by atoms with Gasteiger partial charge in [0, 0.05) is 43.4 Å². The Labute approximate surface area is 176 Å². The summed E-state index contributed by atoms with van der Waals surface area (Å²) in [5.74, 6) is -0.0322. The lowest BCUT2D eigenvalue weighted by atomic mass is 10.2. The topological polar surface area (TPSA) is 64.7 Å². The number of benzene rings is 2. The standard InChI is InChI=1S/C22H27ClN4O2/c1-17-7-8-19(13-20(17)23)25-22(29)16-27-11-9-26(10-12-27)15-21(28)24-14-18-5-3-2-4-6-18/h2-8,13H,9-12,14-16H2,1H3,(H,24,28)(H,25,29). The van der Waals surface area contributed by atoms with Crippen molar-refractivity contribution in [3.8, 4) is 0 Å². The van der Waals surface area contributed by atoms with E-state index in [0.717, 1.165) is 37.3 Å². The molecule has 2 aromatic carbocycles. The fourth-order valence-corrected chi connectivity index (χ4v) is 3.42. The van der Waals surface area contributed by atoms with Crippen LogP contribution in [0.1, 0.15) is 11.1 Å². The molecule has 0 saturated carbocycles. The number of hydrogen-bond acceptors (Lipinski definition) is 4. The van der Waals surface area contributed by atoms with Crippen molar-refractivity contribution in [2.24, 2.45) is 0 Å². The molecule has 2 N–H and O–H groups in total. The van der Waals surface area contributed by atoms with Crippen LogP contribution in [0.2, 0.25) is 5.02 Å². The Kier molecular flexibility index (Phi) is 7.63. The van der Waals surface area contributed by atoms with Gasteiger partial charge in [-0.05, 0) is 30.2 Å². The zero-order valence-electron chi connectivity index (χ0n) is 16.7. The Morgan fingerprint density at radius 2 is 1.55 bits per heavy atom. The van der Waals surface area contributed by atoms with Gasteiger partial charge in [0.25, 0.3) is 0 Å². The lowest BCUT2D eigenvalue weighted by Crippen LogP contribution is -2.50. The van der Waals surface area contributed by atoms with Gasteiger partial charge in [0.15, 0.2) is 0 Å². The van der Waals surface area contributed by atoms with E-state index in [1.807, 2.05) is 49.4 Å². The molecule has 1 heterocycles. The van der Waals surface area contributed by atoms with Gasteiger partial charge in [-0.3, -0.25) is 19.4 Å². The molecule has 0 atom stereocenters. The number of amides is 2. The lowest BCUT2D eigenvalue weighted by molar-refractivity contribution is -0.123. The summed E-state index contributed by atoms with van der Waals surface area (Å²) >= 11 is 6.10. The molecule has 1 aliphatic rings. The highest BCUT2D eigenvalue weighted by Gasteiger charge is 2.20. The third-order valence-electron chi connectivity index (χ3n) is 4.99. The van der Waals surface area contributed by atoms with Gasteiger partial charge in [-0.25, -0.2) is 0 Å². The molecule has 1 fully saturated rings. The normalized spacial score (nSPS) is 15.1. The van der Waals surface area contributed by atoms with Crippen molar-refractivity contribution in [2.75, 3.05) is 44.6 Å². The Hall–Kier alpha value is -2.41. The van der Waals surface area contributed by atoms with Crippen LogP contribution in [0, 0.1) is 6.92 Å². The number of hydrogen-bond donors (Lipinski definition) is 2. The molecule has 0 aliphatic carbocycles. The van der Waals surface area contributed by atoms with Crippen LogP contribution >= 0.6 is 11.6 Å². The lowest BCUT2D eigenvalue weighted by Gasteiger charge is -2.33. The molecule has 154 valence electrons. The first kappa shape index (κ1) is 21.3. The van der Waals surface area contributed by atoms with Crippen molar-refractivity contribution in [3.63, 3.8) is 0 Å². The van der Waals surface area contributed by atoms with Gasteiger partial charge in [0.05, 0.1) is 13.1 Å². The number of rotatable bonds is 7. The summed E-state index contributed by atoms with van der Waals surface area (Å²) < 4.78 is 0. The number of piperazine rings is 1. The van der Waals surface area contributed by atoms with Crippen molar-refractivity contribution < 1.29 is 9.59 Å². The molecular weight excluding hydrogens is 388 g/mol. The highest BCUT2D eigenvalue weighted by molar-refractivity contribution is 6.31. The van der Waals surface area contributed by atoms with Crippen LogP contribution in [0.15, 0.2) is 48.5 Å². The molecule has 0 aromatic heterocycles. The molecule has 6 nitrogen and oxygen atoms in total. The van der Waals surface area contributed by atoms with Crippen LogP contribution < -0.4 is 10.6 Å². The van der Waals surface area contributed by atoms with Crippen LogP contribution in [0.25, 0.3) is 0 Å². The van der Waals surface area contributed by atoms with Crippen molar-refractivity contribution in [3.05, 3.63) is 64.7 Å². The number of nitrogens with zero attached hydrogens (tertiary/aromatic N) is 2. The molecule has 7 heteroatoms. The van der Waals surface area contributed by atoms with Gasteiger partial charge in [-0.2, -0.15) is 0 Å². The summed E-state index contributed by atoms with van der Waals surface area (Å²) in [5.41, 5.74) is 2.78. The average molecular weight is 415 g/mol. The third-order valence-corrected chi connectivity index (χ3v) is 5.39. The molecule has 2 aromatic rings. The van der Waals surface area contributed by atoms with E-state index >= 15 is 0 Å². The van der Waals surface area contributed by atoms with Crippen molar-refractivity contribution >= 4 is 29.1 Å². The summed E-state index contributed by atoms with van der Waals surface area (Å²) in [7, 11) is 0. The largest absolute Gasteiger partial charge is 0.351 e. The van der Waals surface area contributed by atoms with Crippen molar-refractivity contribution in [1.29, 1.82) is 0 Å². The quantitative estimate of drug-likeness (QED) is 0.730. The fourth-order valence-electron chi connectivity index (χ4n) is 3.24. The Morgan fingerprint density at radius 3 is 2.17 bits per heavy atom. The summed E-state index contributed by atoms with van der Waals surface area (Å²) in [6, 6.07) is 15.4. The summed E-state index contributed by atoms with van der Waals surface area (Å²) in [4.78, 5) is 28.7. The minimum atomic E-state index is -0.0565. The van der Waals surface area contributed by atoms with E-state index < -0.39 is 0 Å². The number of anilines is 1. The maximum Gasteiger partial charge on any atom is 0.238 e. The second-order valence-electron chi connectivity index (χ2n) is 7.33. The predicted octanol–water partition coefficient (Wildman–Crippen LogP) is 2.52. The van der Waals surface area contributed by atoms with E-state index in [1.165, 1.54) is 0 Å². The zero-order valence-corrected chi connectivity index (χ0v) is 17.4. The van der Waals surface area contributed by atoms with Crippen LogP contribution in [-0.2, 0) is 16.1 Å². The molecular formula is C22H27ClN4O2. The Morgan fingerprint density at radius 1 is 0.931 bits per heavy atom. The van der Waals surface area contributed by atoms with E-state index in [0.29, 0.717) is 30.3 Å². The summed E-state index contributed by atoms with van der Waals surface area (Å²) in [6.07, 6.45) is 0. The van der Waals surface area contributed by atoms with E-state index in [2.05, 4.69) is 20.4 Å². The molecule has 0 unspecified atom stereocenters. The Bertz CT molecular complexity index is 836. The number of halogens is 1. The monoisotopic (exact) mass is 414 g/mol. The number of nitrogens with one attached hydrogen (secondary N) is 2. The Balaban J connectivity index is 1.35. The highest BCUT2D eigenvalue weighted by Crippen LogP contribution is 2.19. The molecule has 3 rings (SSSR count). The SMILES string of the molecule is Cc1ccc(NC(=O)CN2CCN(CC(=O)NCc3ccccc3)CC2)cc1Cl. The van der Waals surface area contributed by atoms with Gasteiger partial charge in [0.2, 0.25) is 11.8 Å². The fraction of sp³-hybridized carbons (Fsp3) is 0.364. The van der Waals surface area contributed by atoms with E-state index in [9.17, 15) is 9.59 Å². The molecule has 0 bridgehead atoms. The molecule has 0 spiro atoms. The second kappa shape index (κ2) is 10.4. The smallest absolute Gasteiger partial charge is 0.238 e. The van der Waals surface area contributed by atoms with E-state index in [-0.39, 0.29) is 11.8 Å². The molecule has 1 saturated heterocycles. The first-order chi connectivity index (χ1) is 14.0. The first-order valence-corrected chi connectivity index (χ1v) is 10.2. The number of aryl methyl sites for hydroxylation is 1. The summed E-state index contributed by atoms with van der Waals surface area (Å²) in [5, 5.41) is 6.49. The number of carbonyl (C=O) groups is 2. The van der Waals surface area contributed by atoms with Crippen molar-refractivity contribution in [1.82, 2.24) is 15.1 Å².